The van der Waals surface area contributed by atoms with Crippen molar-refractivity contribution in [1.82, 2.24) is 9.97 Å². The van der Waals surface area contributed by atoms with Crippen molar-refractivity contribution in [1.29, 1.82) is 0 Å². The highest BCUT2D eigenvalue weighted by atomic mass is 19.1. The Morgan fingerprint density at radius 2 is 1.50 bits per heavy atom. The smallest absolute Gasteiger partial charge is 0.296 e. The highest BCUT2D eigenvalue weighted by molar-refractivity contribution is 6.46. The van der Waals surface area contributed by atoms with Gasteiger partial charge in [-0.1, -0.05) is 0 Å². The molecule has 0 aliphatic carbocycles. The Labute approximate surface area is 227 Å². The number of hydrogen-bond acceptors (Lipinski definition) is 9. The molecule has 1 amide bonds. The van der Waals surface area contributed by atoms with Crippen LogP contribution in [-0.4, -0.2) is 62.3 Å². The van der Waals surface area contributed by atoms with Gasteiger partial charge in [-0.3, -0.25) is 9.59 Å². The maximum atomic E-state index is 14.9. The van der Waals surface area contributed by atoms with Crippen LogP contribution in [-0.2, 0) is 14.3 Å². The summed E-state index contributed by atoms with van der Waals surface area (Å²) in [4.78, 5) is 33.2. The molecule has 4 rings (SSSR count). The van der Waals surface area contributed by atoms with Crippen molar-refractivity contribution < 1.29 is 42.1 Å². The molecule has 40 heavy (non-hydrogen) atoms. The Balaban J connectivity index is 1.55. The molecule has 4 aromatic rings. The Morgan fingerprint density at radius 3 is 2.15 bits per heavy atom. The van der Waals surface area contributed by atoms with Crippen LogP contribution in [0.5, 0.6) is 23.1 Å². The average Bonchev–Trinajstić information content (AvgIpc) is 2.94. The largest absolute Gasteiger partial charge is 0.487 e. The van der Waals surface area contributed by atoms with Gasteiger partial charge in [0.15, 0.2) is 11.5 Å². The van der Waals surface area contributed by atoms with Gasteiger partial charge < -0.3 is 29.0 Å². The minimum Gasteiger partial charge on any atom is -0.487 e. The molecule has 10 nitrogen and oxygen atoms in total. The zero-order chi connectivity index (χ0) is 28.5. The number of anilines is 1. The number of ketones is 1. The first-order chi connectivity index (χ1) is 19.4. The van der Waals surface area contributed by atoms with Crippen LogP contribution in [0.15, 0.2) is 60.9 Å². The number of rotatable bonds is 13. The number of hydrogen-bond donors (Lipinski definition) is 1. The minimum atomic E-state index is -1.11. The maximum Gasteiger partial charge on any atom is 0.296 e. The fourth-order valence-corrected chi connectivity index (χ4v) is 3.52. The molecule has 3 aromatic carbocycles. The summed E-state index contributed by atoms with van der Waals surface area (Å²) in [6.45, 7) is 1.24. The molecule has 1 heterocycles. The number of aromatic nitrogens is 2. The van der Waals surface area contributed by atoms with Gasteiger partial charge >= 0.3 is 0 Å². The molecule has 1 aromatic heterocycles. The second-order valence-corrected chi connectivity index (χ2v) is 8.21. The molecule has 0 radical (unpaired) electrons. The van der Waals surface area contributed by atoms with E-state index < -0.39 is 28.9 Å². The van der Waals surface area contributed by atoms with Crippen LogP contribution in [0.1, 0.15) is 10.4 Å². The number of ether oxygens (including phenoxy) is 5. The third kappa shape index (κ3) is 7.04. The molecule has 0 spiro atoms. The van der Waals surface area contributed by atoms with Gasteiger partial charge in [-0.25, -0.2) is 18.7 Å². The maximum absolute atomic E-state index is 14.9. The molecule has 0 bridgehead atoms. The van der Waals surface area contributed by atoms with Crippen molar-refractivity contribution in [3.8, 4) is 23.1 Å². The lowest BCUT2D eigenvalue weighted by Gasteiger charge is -2.15. The van der Waals surface area contributed by atoms with E-state index >= 15 is 0 Å². The number of carbonyl (C=O) groups is 2. The van der Waals surface area contributed by atoms with Gasteiger partial charge in [0.1, 0.15) is 36.9 Å². The highest BCUT2D eigenvalue weighted by Gasteiger charge is 2.21. The van der Waals surface area contributed by atoms with Crippen molar-refractivity contribution in [3.63, 3.8) is 0 Å². The Bertz CT molecular complexity index is 1500. The van der Waals surface area contributed by atoms with E-state index in [-0.39, 0.29) is 30.5 Å². The number of nitrogens with one attached hydrogen (secondary N) is 1. The second-order valence-electron chi connectivity index (χ2n) is 8.21. The zero-order valence-corrected chi connectivity index (χ0v) is 21.6. The number of nitrogens with zero attached hydrogens (tertiary/aromatic N) is 2. The summed E-state index contributed by atoms with van der Waals surface area (Å²) >= 11 is 0. The summed E-state index contributed by atoms with van der Waals surface area (Å²) in [5.74, 6) is -2.74. The van der Waals surface area contributed by atoms with Crippen molar-refractivity contribution in [3.05, 3.63) is 78.1 Å². The molecule has 0 fully saturated rings. The lowest BCUT2D eigenvalue weighted by Crippen LogP contribution is -2.23. The number of Topliss-reactive ketones (excluding diaryl/α,β-unsaturated/α-hetero) is 1. The third-order valence-corrected chi connectivity index (χ3v) is 5.46. The van der Waals surface area contributed by atoms with Gasteiger partial charge in [0.2, 0.25) is 5.88 Å². The van der Waals surface area contributed by atoms with Crippen molar-refractivity contribution >= 4 is 28.3 Å². The van der Waals surface area contributed by atoms with Crippen molar-refractivity contribution in [2.75, 3.05) is 46.0 Å². The Kier molecular flexibility index (Phi) is 9.49. The molecule has 0 atom stereocenters. The Hall–Kier alpha value is -4.68. The molecule has 1 N–H and O–H groups in total. The van der Waals surface area contributed by atoms with Gasteiger partial charge in [-0.15, -0.1) is 0 Å². The Morgan fingerprint density at radius 1 is 0.825 bits per heavy atom. The number of methoxy groups -OCH3 is 2. The van der Waals surface area contributed by atoms with Crippen LogP contribution in [0.3, 0.4) is 0 Å². The predicted molar refractivity (Wildman–Crippen MR) is 140 cm³/mol. The summed E-state index contributed by atoms with van der Waals surface area (Å²) in [5, 5.41) is 2.76. The molecule has 208 valence electrons. The van der Waals surface area contributed by atoms with Crippen LogP contribution in [0.25, 0.3) is 10.9 Å². The first-order valence-electron chi connectivity index (χ1n) is 12.0. The average molecular weight is 554 g/mol. The van der Waals surface area contributed by atoms with Gasteiger partial charge in [-0.2, -0.15) is 0 Å². The van der Waals surface area contributed by atoms with Crippen LogP contribution in [0.4, 0.5) is 14.5 Å². The predicted octanol–water partition coefficient (Wildman–Crippen LogP) is 4.57. The fraction of sp³-hybridized carbons (Fsp3) is 0.214. The van der Waals surface area contributed by atoms with Crippen LogP contribution in [0, 0.1) is 11.6 Å². The number of benzene rings is 3. The van der Waals surface area contributed by atoms with E-state index in [4.69, 9.17) is 23.7 Å². The normalized spacial score (nSPS) is 10.8. The first kappa shape index (κ1) is 28.3. The van der Waals surface area contributed by atoms with Crippen LogP contribution >= 0.6 is 0 Å². The van der Waals surface area contributed by atoms with E-state index in [1.807, 2.05) is 0 Å². The number of amides is 1. The number of carbonyl (C=O) groups excluding carboxylic acids is 2. The SMILES string of the molecule is COCCOc1cc2ncnc(Oc3ccc(C(=O)C(=O)Nc4ccc(F)cc4)c(F)c3)c2cc1OCCOC. The summed E-state index contributed by atoms with van der Waals surface area (Å²) in [7, 11) is 3.11. The fourth-order valence-electron chi connectivity index (χ4n) is 3.52. The summed E-state index contributed by atoms with van der Waals surface area (Å²) < 4.78 is 55.4. The zero-order valence-electron chi connectivity index (χ0n) is 21.6. The summed E-state index contributed by atoms with van der Waals surface area (Å²) in [5.41, 5.74) is 0.195. The van der Waals surface area contributed by atoms with Crippen molar-refractivity contribution in [2.24, 2.45) is 0 Å². The molecule has 12 heteroatoms. The number of halogens is 2. The molecule has 0 unspecified atom stereocenters. The van der Waals surface area contributed by atoms with Crippen molar-refractivity contribution in [2.45, 2.75) is 0 Å². The molecular formula is C28H25F2N3O7. The van der Waals surface area contributed by atoms with Gasteiger partial charge in [0.05, 0.1) is 29.7 Å². The van der Waals surface area contributed by atoms with Crippen LogP contribution < -0.4 is 19.5 Å². The van der Waals surface area contributed by atoms with E-state index in [9.17, 15) is 18.4 Å². The first-order valence-corrected chi connectivity index (χ1v) is 12.0. The van der Waals surface area contributed by atoms with E-state index in [1.54, 1.807) is 26.4 Å². The lowest BCUT2D eigenvalue weighted by atomic mass is 10.1. The van der Waals surface area contributed by atoms with Crippen LogP contribution in [0.2, 0.25) is 0 Å². The molecular weight excluding hydrogens is 528 g/mol. The highest BCUT2D eigenvalue weighted by Crippen LogP contribution is 2.36. The molecule has 0 aliphatic heterocycles. The lowest BCUT2D eigenvalue weighted by molar-refractivity contribution is -0.112. The standard InChI is InChI=1S/C28H25F2N3O7/c1-36-9-11-38-24-14-21-23(15-25(24)39-12-10-37-2)31-16-32-28(21)40-19-7-8-20(22(30)13-19)26(34)27(35)33-18-5-3-17(29)4-6-18/h3-8,13-16H,9-12H2,1-2H3,(H,33,35). The molecule has 0 saturated carbocycles. The van der Waals surface area contributed by atoms with E-state index in [1.165, 1.54) is 24.5 Å². The molecule has 0 aliphatic rings. The minimum absolute atomic E-state index is 0.0234. The number of fused-ring (bicyclic) bond motifs is 1. The quantitative estimate of drug-likeness (QED) is 0.144. The van der Waals surface area contributed by atoms with E-state index in [0.29, 0.717) is 35.6 Å². The monoisotopic (exact) mass is 553 g/mol. The third-order valence-electron chi connectivity index (χ3n) is 5.46. The summed E-state index contributed by atoms with van der Waals surface area (Å²) in [6, 6.07) is 11.5. The van der Waals surface area contributed by atoms with E-state index in [2.05, 4.69) is 15.3 Å². The van der Waals surface area contributed by atoms with Gasteiger partial charge in [-0.05, 0) is 42.5 Å². The van der Waals surface area contributed by atoms with E-state index in [0.717, 1.165) is 24.3 Å². The second kappa shape index (κ2) is 13.4. The summed E-state index contributed by atoms with van der Waals surface area (Å²) in [6.07, 6.45) is 1.27. The van der Waals surface area contributed by atoms with Gasteiger partial charge in [0.25, 0.3) is 11.7 Å². The van der Waals surface area contributed by atoms with Gasteiger partial charge in [0, 0.05) is 32.0 Å². The molecule has 0 saturated heterocycles. The topological polar surface area (TPSA) is 118 Å².